The van der Waals surface area contributed by atoms with Crippen molar-refractivity contribution in [1.82, 2.24) is 0 Å². The average molecular weight is 380 g/mol. The molecular formula is C22H21FN2O3. The Morgan fingerprint density at radius 1 is 1.04 bits per heavy atom. The molecule has 3 aromatic carbocycles. The molecule has 0 saturated carbocycles. The first-order valence-corrected chi connectivity index (χ1v) is 8.81. The summed E-state index contributed by atoms with van der Waals surface area (Å²) in [5.41, 5.74) is 3.35. The maximum absolute atomic E-state index is 13.7. The number of halogens is 1. The van der Waals surface area contributed by atoms with Crippen LogP contribution in [-0.2, 0) is 6.42 Å². The van der Waals surface area contributed by atoms with Crippen LogP contribution in [0.4, 0.5) is 20.6 Å². The van der Waals surface area contributed by atoms with Crippen molar-refractivity contribution in [3.05, 3.63) is 78.1 Å². The summed E-state index contributed by atoms with van der Waals surface area (Å²) in [6.45, 7) is -0.00216. The molecule has 0 bridgehead atoms. The molecule has 0 radical (unpaired) electrons. The number of rotatable bonds is 6. The zero-order valence-electron chi connectivity index (χ0n) is 15.4. The van der Waals surface area contributed by atoms with Gasteiger partial charge in [0.1, 0.15) is 11.6 Å². The molecule has 0 aromatic heterocycles. The highest BCUT2D eigenvalue weighted by atomic mass is 19.1. The first kappa shape index (κ1) is 19.4. The number of methoxy groups -OCH3 is 1. The fourth-order valence-corrected chi connectivity index (χ4v) is 2.94. The largest absolute Gasteiger partial charge is 0.496 e. The van der Waals surface area contributed by atoms with Crippen LogP contribution in [0.2, 0.25) is 0 Å². The molecule has 0 saturated heterocycles. The Balaban J connectivity index is 1.78. The Hall–Kier alpha value is -3.38. The third-order valence-electron chi connectivity index (χ3n) is 4.24. The van der Waals surface area contributed by atoms with E-state index in [0.717, 1.165) is 11.1 Å². The van der Waals surface area contributed by atoms with Crippen molar-refractivity contribution in [2.75, 3.05) is 24.4 Å². The van der Waals surface area contributed by atoms with Crippen molar-refractivity contribution in [3.63, 3.8) is 0 Å². The lowest BCUT2D eigenvalue weighted by atomic mass is 10.0. The molecule has 3 rings (SSSR count). The zero-order valence-corrected chi connectivity index (χ0v) is 15.4. The summed E-state index contributed by atoms with van der Waals surface area (Å²) >= 11 is 0. The third kappa shape index (κ3) is 4.66. The van der Waals surface area contributed by atoms with Gasteiger partial charge in [-0.3, -0.25) is 0 Å². The van der Waals surface area contributed by atoms with Crippen molar-refractivity contribution in [2.45, 2.75) is 6.42 Å². The number of para-hydroxylation sites is 1. The van der Waals surface area contributed by atoms with Crippen LogP contribution < -0.4 is 15.4 Å². The van der Waals surface area contributed by atoms with E-state index in [1.54, 1.807) is 30.3 Å². The fourth-order valence-electron chi connectivity index (χ4n) is 2.94. The number of nitrogens with one attached hydrogen (secondary N) is 2. The van der Waals surface area contributed by atoms with Gasteiger partial charge < -0.3 is 20.5 Å². The second-order valence-corrected chi connectivity index (χ2v) is 6.14. The number of aliphatic hydroxyl groups excluding tert-OH is 1. The van der Waals surface area contributed by atoms with Gasteiger partial charge in [0.25, 0.3) is 0 Å². The summed E-state index contributed by atoms with van der Waals surface area (Å²) in [5.74, 6) is 0.174. The van der Waals surface area contributed by atoms with E-state index in [1.807, 2.05) is 24.3 Å². The number of ether oxygens (including phenoxy) is 1. The highest BCUT2D eigenvalue weighted by Gasteiger charge is 2.10. The van der Waals surface area contributed by atoms with Gasteiger partial charge in [0.15, 0.2) is 0 Å². The first-order chi connectivity index (χ1) is 13.6. The van der Waals surface area contributed by atoms with Gasteiger partial charge in [-0.05, 0) is 53.9 Å². The molecule has 0 aliphatic carbocycles. The van der Waals surface area contributed by atoms with Gasteiger partial charge in [-0.25, -0.2) is 9.18 Å². The predicted molar refractivity (Wildman–Crippen MR) is 108 cm³/mol. The van der Waals surface area contributed by atoms with Crippen molar-refractivity contribution >= 4 is 17.4 Å². The maximum Gasteiger partial charge on any atom is 0.323 e. The Morgan fingerprint density at radius 3 is 2.64 bits per heavy atom. The van der Waals surface area contributed by atoms with E-state index >= 15 is 0 Å². The highest BCUT2D eigenvalue weighted by molar-refractivity contribution is 6.00. The van der Waals surface area contributed by atoms with E-state index in [-0.39, 0.29) is 12.4 Å². The van der Waals surface area contributed by atoms with Crippen LogP contribution in [0.3, 0.4) is 0 Å². The van der Waals surface area contributed by atoms with Crippen LogP contribution in [0, 0.1) is 5.82 Å². The molecule has 2 amide bonds. The summed E-state index contributed by atoms with van der Waals surface area (Å²) in [4.78, 5) is 12.4. The van der Waals surface area contributed by atoms with Crippen LogP contribution >= 0.6 is 0 Å². The first-order valence-electron chi connectivity index (χ1n) is 8.81. The number of aliphatic hydroxyl groups is 1. The van der Waals surface area contributed by atoms with E-state index in [9.17, 15) is 9.18 Å². The quantitative estimate of drug-likeness (QED) is 0.581. The van der Waals surface area contributed by atoms with E-state index in [4.69, 9.17) is 9.84 Å². The summed E-state index contributed by atoms with van der Waals surface area (Å²) in [6, 6.07) is 18.3. The molecule has 0 fully saturated rings. The van der Waals surface area contributed by atoms with Gasteiger partial charge in [-0.1, -0.05) is 30.3 Å². The molecule has 0 atom stereocenters. The van der Waals surface area contributed by atoms with Gasteiger partial charge in [-0.2, -0.15) is 0 Å². The Bertz CT molecular complexity index is 976. The molecular weight excluding hydrogens is 359 g/mol. The normalized spacial score (nSPS) is 10.4. The Kier molecular flexibility index (Phi) is 6.24. The SMILES string of the molecule is COc1ccc(F)cc1-c1cccc(NC(=O)Nc2ccccc2CCO)c1. The highest BCUT2D eigenvalue weighted by Crippen LogP contribution is 2.32. The topological polar surface area (TPSA) is 70.6 Å². The third-order valence-corrected chi connectivity index (χ3v) is 4.24. The van der Waals surface area contributed by atoms with Crippen LogP contribution in [0.5, 0.6) is 5.75 Å². The Morgan fingerprint density at radius 2 is 1.86 bits per heavy atom. The average Bonchev–Trinajstić information content (AvgIpc) is 2.70. The number of carbonyl (C=O) groups excluding carboxylic acids is 1. The minimum Gasteiger partial charge on any atom is -0.496 e. The molecule has 0 heterocycles. The smallest absolute Gasteiger partial charge is 0.323 e. The monoisotopic (exact) mass is 380 g/mol. The van der Waals surface area contributed by atoms with E-state index in [0.29, 0.717) is 29.1 Å². The molecule has 144 valence electrons. The minimum absolute atomic E-state index is 0.00216. The predicted octanol–water partition coefficient (Wildman–Crippen LogP) is 4.68. The van der Waals surface area contributed by atoms with Gasteiger partial charge in [0.05, 0.1) is 7.11 Å². The number of hydrogen-bond acceptors (Lipinski definition) is 3. The minimum atomic E-state index is -0.409. The molecule has 28 heavy (non-hydrogen) atoms. The van der Waals surface area contributed by atoms with E-state index in [1.165, 1.54) is 19.2 Å². The van der Waals surface area contributed by atoms with Crippen LogP contribution in [-0.4, -0.2) is 24.9 Å². The lowest BCUT2D eigenvalue weighted by Crippen LogP contribution is -2.20. The van der Waals surface area contributed by atoms with Crippen LogP contribution in [0.1, 0.15) is 5.56 Å². The van der Waals surface area contributed by atoms with Crippen molar-refractivity contribution in [2.24, 2.45) is 0 Å². The number of carbonyl (C=O) groups is 1. The molecule has 0 aliphatic rings. The summed E-state index contributed by atoms with van der Waals surface area (Å²) in [5, 5.41) is 14.7. The van der Waals surface area contributed by atoms with E-state index < -0.39 is 6.03 Å². The molecule has 0 aliphatic heterocycles. The fraction of sp³-hybridized carbons (Fsp3) is 0.136. The maximum atomic E-state index is 13.7. The number of hydrogen-bond donors (Lipinski definition) is 3. The molecule has 6 heteroatoms. The van der Waals surface area contributed by atoms with Gasteiger partial charge in [0, 0.05) is 23.5 Å². The lowest BCUT2D eigenvalue weighted by Gasteiger charge is -2.13. The van der Waals surface area contributed by atoms with Gasteiger partial charge in [0.2, 0.25) is 0 Å². The summed E-state index contributed by atoms with van der Waals surface area (Å²) in [6.07, 6.45) is 0.450. The lowest BCUT2D eigenvalue weighted by molar-refractivity contribution is 0.262. The zero-order chi connectivity index (χ0) is 19.9. The van der Waals surface area contributed by atoms with Crippen LogP contribution in [0.25, 0.3) is 11.1 Å². The second-order valence-electron chi connectivity index (χ2n) is 6.14. The summed E-state index contributed by atoms with van der Waals surface area (Å²) < 4.78 is 19.0. The molecule has 0 spiro atoms. The number of benzene rings is 3. The van der Waals surface area contributed by atoms with Crippen molar-refractivity contribution in [1.29, 1.82) is 0 Å². The second kappa shape index (κ2) is 9.01. The number of anilines is 2. The van der Waals surface area contributed by atoms with E-state index in [2.05, 4.69) is 10.6 Å². The summed E-state index contributed by atoms with van der Waals surface area (Å²) in [7, 11) is 1.52. The van der Waals surface area contributed by atoms with Crippen molar-refractivity contribution in [3.8, 4) is 16.9 Å². The van der Waals surface area contributed by atoms with Gasteiger partial charge >= 0.3 is 6.03 Å². The molecule has 5 nitrogen and oxygen atoms in total. The molecule has 0 unspecified atom stereocenters. The molecule has 3 aromatic rings. The number of urea groups is 1. The molecule has 3 N–H and O–H groups in total. The van der Waals surface area contributed by atoms with Crippen LogP contribution in [0.15, 0.2) is 66.7 Å². The van der Waals surface area contributed by atoms with Crippen molar-refractivity contribution < 1.29 is 19.0 Å². The number of amides is 2. The Labute approximate surface area is 162 Å². The standard InChI is InChI=1S/C22H21FN2O3/c1-28-21-10-9-17(23)14-19(21)16-6-4-7-18(13-16)24-22(27)25-20-8-3-2-5-15(20)11-12-26/h2-10,13-14,26H,11-12H2,1H3,(H2,24,25,27). The van der Waals surface area contributed by atoms with Gasteiger partial charge in [-0.15, -0.1) is 0 Å².